The van der Waals surface area contributed by atoms with Gasteiger partial charge in [-0.2, -0.15) is 0 Å². The second-order valence-corrected chi connectivity index (χ2v) is 5.15. The summed E-state index contributed by atoms with van der Waals surface area (Å²) < 4.78 is 0. The van der Waals surface area contributed by atoms with Gasteiger partial charge in [0.05, 0.1) is 11.1 Å². The molecule has 0 aliphatic carbocycles. The van der Waals surface area contributed by atoms with Crippen molar-refractivity contribution in [3.05, 3.63) is 32.0 Å². The van der Waals surface area contributed by atoms with Crippen LogP contribution in [0.25, 0.3) is 20.9 Å². The molecule has 0 saturated heterocycles. The van der Waals surface area contributed by atoms with E-state index in [1.54, 1.807) is 27.7 Å². The molecule has 0 spiro atoms. The van der Waals surface area contributed by atoms with Crippen molar-refractivity contribution in [1.29, 1.82) is 0 Å². The van der Waals surface area contributed by atoms with Gasteiger partial charge in [0.15, 0.2) is 0 Å². The predicted molar refractivity (Wildman–Crippen MR) is 65.7 cm³/mol. The first kappa shape index (κ1) is 14.3. The van der Waals surface area contributed by atoms with E-state index in [0.29, 0.717) is 0 Å². The summed E-state index contributed by atoms with van der Waals surface area (Å²) in [6.45, 7) is 7.31. The summed E-state index contributed by atoms with van der Waals surface area (Å²) in [6, 6.07) is 0. The molecule has 18 heavy (non-hydrogen) atoms. The van der Waals surface area contributed by atoms with Gasteiger partial charge in [0, 0.05) is 22.9 Å². The molecule has 0 saturated carbocycles. The van der Waals surface area contributed by atoms with E-state index in [2.05, 4.69) is 20.1 Å². The number of azide groups is 2. The van der Waals surface area contributed by atoms with Gasteiger partial charge in [0.1, 0.15) is 0 Å². The third kappa shape index (κ3) is 2.14. The minimum absolute atomic E-state index is 0.113. The fraction of sp³-hybridized carbons (Fsp3) is 0.800. The molecule has 0 fully saturated rings. The fourth-order valence-electron chi connectivity index (χ4n) is 2.46. The summed E-state index contributed by atoms with van der Waals surface area (Å²) in [6.07, 6.45) is 0. The first-order chi connectivity index (χ1) is 8.30. The molecule has 0 N–H and O–H groups in total. The zero-order valence-corrected chi connectivity index (χ0v) is 11.0. The Balaban J connectivity index is 3.34. The lowest BCUT2D eigenvalue weighted by Crippen LogP contribution is -2.48. The lowest BCUT2D eigenvalue weighted by atomic mass is 9.90. The molecule has 8 nitrogen and oxygen atoms in total. The lowest BCUT2D eigenvalue weighted by molar-refractivity contribution is -0.240. The smallest absolute Gasteiger partial charge is 0.0660 e. The summed E-state index contributed by atoms with van der Waals surface area (Å²) in [5, 5.41) is 20.3. The molecule has 8 heteroatoms. The molecule has 97 valence electrons. The highest BCUT2D eigenvalue weighted by Crippen LogP contribution is 2.44. The van der Waals surface area contributed by atoms with Crippen LogP contribution in [0.2, 0.25) is 0 Å². The molecule has 0 aromatic rings. The van der Waals surface area contributed by atoms with Crippen LogP contribution >= 0.6 is 0 Å². The maximum absolute atomic E-state index is 12.3. The Labute approximate surface area is 105 Å². The number of nitrogens with zero attached hydrogens (tertiary/aromatic N) is 7. The van der Waals surface area contributed by atoms with E-state index < -0.39 is 11.1 Å². The van der Waals surface area contributed by atoms with Crippen LogP contribution < -0.4 is 0 Å². The minimum atomic E-state index is -0.766. The SMILES string of the molecule is CC1(C)C(CN=[N+]=[N-])=C(CN=[N+]=[N-])C(C)(C)N1[O]. The number of hydroxylamine groups is 2. The summed E-state index contributed by atoms with van der Waals surface area (Å²) >= 11 is 0. The van der Waals surface area contributed by atoms with E-state index in [0.717, 1.165) is 16.2 Å². The Morgan fingerprint density at radius 3 is 1.61 bits per heavy atom. The molecule has 1 heterocycles. The zero-order chi connectivity index (χ0) is 14.0. The molecule has 1 radical (unpaired) electrons. The van der Waals surface area contributed by atoms with Crippen molar-refractivity contribution >= 4 is 0 Å². The van der Waals surface area contributed by atoms with Gasteiger partial charge in [-0.05, 0) is 49.9 Å². The Bertz CT molecular complexity index is 425. The molecule has 0 aromatic carbocycles. The van der Waals surface area contributed by atoms with E-state index in [4.69, 9.17) is 11.1 Å². The Kier molecular flexibility index (Phi) is 3.88. The lowest BCUT2D eigenvalue weighted by Gasteiger charge is -2.34. The molecule has 0 unspecified atom stereocenters. The quantitative estimate of drug-likeness (QED) is 0.323. The third-order valence-electron chi connectivity index (χ3n) is 3.44. The van der Waals surface area contributed by atoms with Gasteiger partial charge in [0.2, 0.25) is 0 Å². The first-order valence-corrected chi connectivity index (χ1v) is 5.52. The highest BCUT2D eigenvalue weighted by Gasteiger charge is 2.50. The van der Waals surface area contributed by atoms with E-state index in [1.807, 2.05) is 0 Å². The van der Waals surface area contributed by atoms with Crippen LogP contribution in [0.3, 0.4) is 0 Å². The second kappa shape index (κ2) is 4.88. The molecular weight excluding hydrogens is 234 g/mol. The third-order valence-corrected chi connectivity index (χ3v) is 3.44. The number of rotatable bonds is 4. The van der Waals surface area contributed by atoms with Crippen molar-refractivity contribution in [2.75, 3.05) is 13.1 Å². The van der Waals surface area contributed by atoms with Crippen LogP contribution in [0, 0.1) is 0 Å². The fourth-order valence-corrected chi connectivity index (χ4v) is 2.46. The molecular formula is C10H16N7O. The van der Waals surface area contributed by atoms with Crippen LogP contribution in [0.4, 0.5) is 0 Å². The van der Waals surface area contributed by atoms with Crippen molar-refractivity contribution in [2.45, 2.75) is 38.8 Å². The minimum Gasteiger partial charge on any atom is -0.136 e. The first-order valence-electron chi connectivity index (χ1n) is 5.52. The Morgan fingerprint density at radius 2 is 1.33 bits per heavy atom. The monoisotopic (exact) mass is 250 g/mol. The van der Waals surface area contributed by atoms with Crippen LogP contribution in [0.5, 0.6) is 0 Å². The van der Waals surface area contributed by atoms with Crippen LogP contribution in [0.1, 0.15) is 27.7 Å². The predicted octanol–water partition coefficient (Wildman–Crippen LogP) is 3.12. The van der Waals surface area contributed by atoms with Gasteiger partial charge in [0.25, 0.3) is 0 Å². The molecule has 0 atom stereocenters. The van der Waals surface area contributed by atoms with Crippen LogP contribution in [-0.4, -0.2) is 29.2 Å². The second-order valence-electron chi connectivity index (χ2n) is 5.15. The maximum atomic E-state index is 12.3. The Hall–Kier alpha value is -1.72. The highest BCUT2D eigenvalue weighted by molar-refractivity contribution is 5.40. The van der Waals surface area contributed by atoms with Crippen LogP contribution in [-0.2, 0) is 5.21 Å². The highest BCUT2D eigenvalue weighted by atomic mass is 16.5. The van der Waals surface area contributed by atoms with Crippen molar-refractivity contribution in [1.82, 2.24) is 5.06 Å². The van der Waals surface area contributed by atoms with E-state index in [1.165, 1.54) is 0 Å². The van der Waals surface area contributed by atoms with Crippen molar-refractivity contribution in [3.63, 3.8) is 0 Å². The summed E-state index contributed by atoms with van der Waals surface area (Å²) in [7, 11) is 0. The van der Waals surface area contributed by atoms with Gasteiger partial charge in [-0.25, -0.2) is 0 Å². The van der Waals surface area contributed by atoms with Gasteiger partial charge in [-0.1, -0.05) is 10.2 Å². The van der Waals surface area contributed by atoms with Gasteiger partial charge in [-0.3, -0.25) is 0 Å². The van der Waals surface area contributed by atoms with Gasteiger partial charge >= 0.3 is 0 Å². The average molecular weight is 250 g/mol. The van der Waals surface area contributed by atoms with E-state index >= 15 is 0 Å². The van der Waals surface area contributed by atoms with E-state index in [-0.39, 0.29) is 13.1 Å². The maximum Gasteiger partial charge on any atom is 0.0660 e. The molecule has 0 bridgehead atoms. The van der Waals surface area contributed by atoms with E-state index in [9.17, 15) is 5.21 Å². The normalized spacial score (nSPS) is 21.4. The average Bonchev–Trinajstić information content (AvgIpc) is 2.42. The molecule has 0 aromatic heterocycles. The summed E-state index contributed by atoms with van der Waals surface area (Å²) in [5.74, 6) is 0. The van der Waals surface area contributed by atoms with Crippen LogP contribution in [0.15, 0.2) is 21.4 Å². The summed E-state index contributed by atoms with van der Waals surface area (Å²) in [5.41, 5.74) is 16.8. The number of hydrogen-bond acceptors (Lipinski definition) is 3. The van der Waals surface area contributed by atoms with Crippen molar-refractivity contribution in [2.24, 2.45) is 10.2 Å². The number of hydrogen-bond donors (Lipinski definition) is 0. The molecule has 1 rings (SSSR count). The van der Waals surface area contributed by atoms with Gasteiger partial charge in [-0.15, -0.1) is 10.3 Å². The van der Waals surface area contributed by atoms with Crippen molar-refractivity contribution in [3.8, 4) is 0 Å². The molecule has 1 aliphatic heterocycles. The van der Waals surface area contributed by atoms with Gasteiger partial charge < -0.3 is 0 Å². The standard InChI is InChI=1S/C10H16N7O/c1-9(2)7(5-13-15-11)8(6-14-16-12)10(3,4)17(9)18/h5-6H2,1-4H3. The molecule has 0 amide bonds. The zero-order valence-electron chi connectivity index (χ0n) is 11.0. The summed E-state index contributed by atoms with van der Waals surface area (Å²) in [4.78, 5) is 5.44. The largest absolute Gasteiger partial charge is 0.136 e. The molecule has 1 aliphatic rings. The van der Waals surface area contributed by atoms with Crippen molar-refractivity contribution < 1.29 is 5.21 Å². The Morgan fingerprint density at radius 1 is 1.00 bits per heavy atom. The topological polar surface area (TPSA) is 121 Å².